The minimum atomic E-state index is -2.30. The zero-order chi connectivity index (χ0) is 19.6. The smallest absolute Gasteiger partial charge is 0.330 e. The molecule has 1 aliphatic heterocycles. The molecule has 1 saturated heterocycles. The number of aromatic amines is 1. The van der Waals surface area contributed by atoms with Crippen molar-refractivity contribution in [3.05, 3.63) is 63.4 Å². The van der Waals surface area contributed by atoms with E-state index in [1.807, 2.05) is 11.1 Å². The number of rotatable bonds is 4. The van der Waals surface area contributed by atoms with Crippen molar-refractivity contribution in [2.75, 3.05) is 6.61 Å². The number of para-hydroxylation sites is 1. The average molecular weight is 396 g/mol. The highest BCUT2D eigenvalue weighted by Gasteiger charge is 2.55. The first-order valence-electron chi connectivity index (χ1n) is 8.03. The van der Waals surface area contributed by atoms with Gasteiger partial charge in [-0.3, -0.25) is 18.9 Å². The first-order valence-corrected chi connectivity index (χ1v) is 9.28. The highest BCUT2D eigenvalue weighted by Crippen LogP contribution is 2.41. The minimum Gasteiger partial charge on any atom is -0.420 e. The number of nitrogens with zero attached hydrogens (tertiary/aromatic N) is 1. The standard InChI is InChI=1S/C17H18FN2O6P/c1-17(18)14(22)12(10-24-27(2)26-11-6-4-3-5-7-11)25-15(17)20-9-8-13(21)19-16(20)23/h2-9,12,14-15,22H,10H2,1H3,(H,19,21,23)/t12?,14-,15?,17-/m1/s1. The first kappa shape index (κ1) is 19.4. The van der Waals surface area contributed by atoms with Gasteiger partial charge in [-0.15, -0.1) is 0 Å². The summed E-state index contributed by atoms with van der Waals surface area (Å²) in [6, 6.07) is 9.81. The molecule has 0 amide bonds. The summed E-state index contributed by atoms with van der Waals surface area (Å²) in [6.45, 7) is 0.857. The fourth-order valence-corrected chi connectivity index (χ4v) is 3.40. The quantitative estimate of drug-likeness (QED) is 0.760. The maximum atomic E-state index is 15.0. The van der Waals surface area contributed by atoms with Gasteiger partial charge in [0.1, 0.15) is 18.0 Å². The lowest BCUT2D eigenvalue weighted by molar-refractivity contribution is -0.0580. The van der Waals surface area contributed by atoms with Crippen molar-refractivity contribution in [1.29, 1.82) is 0 Å². The zero-order valence-corrected chi connectivity index (χ0v) is 15.2. The normalized spacial score (nSPS) is 28.1. The van der Waals surface area contributed by atoms with E-state index in [1.165, 1.54) is 0 Å². The Morgan fingerprint density at radius 2 is 2.07 bits per heavy atom. The molecule has 1 aromatic heterocycles. The van der Waals surface area contributed by atoms with Crippen LogP contribution in [0.2, 0.25) is 0 Å². The van der Waals surface area contributed by atoms with Crippen LogP contribution in [0, 0.1) is 6.13 Å². The van der Waals surface area contributed by atoms with Gasteiger partial charge in [-0.1, -0.05) is 24.3 Å². The van der Waals surface area contributed by atoms with E-state index in [9.17, 15) is 14.7 Å². The van der Waals surface area contributed by atoms with Gasteiger partial charge >= 0.3 is 5.69 Å². The van der Waals surface area contributed by atoms with Crippen LogP contribution in [-0.2, 0) is 9.26 Å². The Bertz CT molecular complexity index is 980. The van der Waals surface area contributed by atoms with Crippen molar-refractivity contribution in [3.63, 3.8) is 0 Å². The van der Waals surface area contributed by atoms with Gasteiger partial charge in [-0.2, -0.15) is 0 Å². The summed E-state index contributed by atoms with van der Waals surface area (Å²) in [5.41, 5.74) is -3.77. The van der Waals surface area contributed by atoms with Crippen molar-refractivity contribution in [2.45, 2.75) is 31.0 Å². The van der Waals surface area contributed by atoms with Crippen LogP contribution in [0.4, 0.5) is 4.39 Å². The predicted octanol–water partition coefficient (Wildman–Crippen LogP) is 1.52. The number of halogens is 1. The van der Waals surface area contributed by atoms with E-state index >= 15 is 4.39 Å². The summed E-state index contributed by atoms with van der Waals surface area (Å²) in [6.07, 6.45) is 2.77. The number of aliphatic hydroxyl groups is 1. The molecule has 0 saturated carbocycles. The third kappa shape index (κ3) is 4.13. The monoisotopic (exact) mass is 396 g/mol. The zero-order valence-electron chi connectivity index (χ0n) is 14.3. The number of hydrogen-bond donors (Lipinski definition) is 2. The molecule has 1 fully saturated rings. The van der Waals surface area contributed by atoms with Crippen LogP contribution in [0.25, 0.3) is 0 Å². The number of H-pyrrole nitrogens is 1. The number of ether oxygens (including phenoxy) is 1. The molecule has 5 atom stereocenters. The lowest BCUT2D eigenvalue weighted by Crippen LogP contribution is -2.43. The van der Waals surface area contributed by atoms with E-state index in [-0.39, 0.29) is 6.61 Å². The van der Waals surface area contributed by atoms with E-state index < -0.39 is 43.2 Å². The summed E-state index contributed by atoms with van der Waals surface area (Å²) in [5.74, 6) is 0.506. The van der Waals surface area contributed by atoms with Gasteiger partial charge in [-0.05, 0) is 19.1 Å². The predicted molar refractivity (Wildman–Crippen MR) is 95.6 cm³/mol. The lowest BCUT2D eigenvalue weighted by Gasteiger charge is -2.24. The Kier molecular flexibility index (Phi) is 5.51. The van der Waals surface area contributed by atoms with Crippen LogP contribution in [-0.4, -0.2) is 39.1 Å². The fourth-order valence-electron chi connectivity index (χ4n) is 2.72. The number of aliphatic hydroxyl groups excluding tert-OH is 1. The van der Waals surface area contributed by atoms with Gasteiger partial charge in [0, 0.05) is 12.3 Å². The van der Waals surface area contributed by atoms with Crippen LogP contribution >= 0.6 is 7.83 Å². The Labute approximate surface area is 154 Å². The van der Waals surface area contributed by atoms with Crippen molar-refractivity contribution in [3.8, 4) is 11.9 Å². The van der Waals surface area contributed by atoms with E-state index in [1.54, 1.807) is 24.3 Å². The van der Waals surface area contributed by atoms with Crippen LogP contribution in [0.15, 0.2) is 52.2 Å². The van der Waals surface area contributed by atoms with Gasteiger partial charge in [0.25, 0.3) is 5.56 Å². The van der Waals surface area contributed by atoms with Crippen LogP contribution in [0.5, 0.6) is 5.75 Å². The molecular formula is C17H18FN2O6P. The lowest BCUT2D eigenvalue weighted by atomic mass is 9.98. The molecule has 0 spiro atoms. The molecule has 2 heterocycles. The second kappa shape index (κ2) is 7.68. The Morgan fingerprint density at radius 1 is 1.37 bits per heavy atom. The second-order valence-electron chi connectivity index (χ2n) is 6.13. The second-order valence-corrected chi connectivity index (χ2v) is 7.14. The summed E-state index contributed by atoms with van der Waals surface area (Å²) in [7, 11) is -1.83. The van der Waals surface area contributed by atoms with Gasteiger partial charge < -0.3 is 14.4 Å². The molecule has 3 unspecified atom stereocenters. The molecule has 0 bridgehead atoms. The molecule has 144 valence electrons. The SMILES string of the molecule is C#P(OCC1OC(n2ccc(=O)[nH]c2=O)[C@](C)(F)[C@@H]1O)Oc1ccccc1. The van der Waals surface area contributed by atoms with Crippen molar-refractivity contribution >= 4 is 7.83 Å². The summed E-state index contributed by atoms with van der Waals surface area (Å²) in [4.78, 5) is 25.1. The Balaban J connectivity index is 1.68. The van der Waals surface area contributed by atoms with Gasteiger partial charge in [0.15, 0.2) is 11.9 Å². The number of nitrogens with one attached hydrogen (secondary N) is 1. The fraction of sp³-hybridized carbons (Fsp3) is 0.353. The Hall–Kier alpha value is -2.41. The highest BCUT2D eigenvalue weighted by molar-refractivity contribution is 7.35. The van der Waals surface area contributed by atoms with Crippen molar-refractivity contribution in [2.24, 2.45) is 0 Å². The largest absolute Gasteiger partial charge is 0.420 e. The number of hydrogen-bond acceptors (Lipinski definition) is 6. The van der Waals surface area contributed by atoms with Crippen molar-refractivity contribution < 1.29 is 23.3 Å². The van der Waals surface area contributed by atoms with Crippen molar-refractivity contribution in [1.82, 2.24) is 9.55 Å². The number of alkyl halides is 1. The molecule has 10 heteroatoms. The van der Waals surface area contributed by atoms with E-state index in [0.29, 0.717) is 5.75 Å². The van der Waals surface area contributed by atoms with Gasteiger partial charge in [0.2, 0.25) is 7.83 Å². The molecule has 0 aliphatic carbocycles. The number of aromatic nitrogens is 2. The molecule has 27 heavy (non-hydrogen) atoms. The maximum absolute atomic E-state index is 15.0. The highest BCUT2D eigenvalue weighted by atomic mass is 31.1. The third-order valence-corrected chi connectivity index (χ3v) is 4.92. The number of benzene rings is 1. The average Bonchev–Trinajstić information content (AvgIpc) is 2.84. The van der Waals surface area contributed by atoms with E-state index in [0.717, 1.165) is 23.8 Å². The van der Waals surface area contributed by atoms with E-state index in [2.05, 4.69) is 0 Å². The maximum Gasteiger partial charge on any atom is 0.330 e. The molecule has 0 radical (unpaired) electrons. The molecule has 1 aromatic carbocycles. The Morgan fingerprint density at radius 3 is 2.74 bits per heavy atom. The molecule has 2 aromatic rings. The molecular weight excluding hydrogens is 378 g/mol. The minimum absolute atomic E-state index is 0.246. The summed E-state index contributed by atoms with van der Waals surface area (Å²) >= 11 is 0. The molecule has 2 N–H and O–H groups in total. The summed E-state index contributed by atoms with van der Waals surface area (Å²) < 4.78 is 32.1. The van der Waals surface area contributed by atoms with Crippen LogP contribution in [0.3, 0.4) is 0 Å². The van der Waals surface area contributed by atoms with Crippen LogP contribution < -0.4 is 15.8 Å². The van der Waals surface area contributed by atoms with Gasteiger partial charge in [0.05, 0.1) is 6.61 Å². The van der Waals surface area contributed by atoms with Crippen LogP contribution in [0.1, 0.15) is 13.2 Å². The third-order valence-electron chi connectivity index (χ3n) is 4.13. The molecule has 8 nitrogen and oxygen atoms in total. The molecule has 1 aliphatic rings. The van der Waals surface area contributed by atoms with E-state index in [4.69, 9.17) is 19.9 Å². The molecule has 3 rings (SSSR count). The van der Waals surface area contributed by atoms with Gasteiger partial charge in [-0.25, -0.2) is 9.18 Å². The summed E-state index contributed by atoms with van der Waals surface area (Å²) in [5, 5.41) is 10.3. The topological polar surface area (TPSA) is 103 Å². The first-order chi connectivity index (χ1) is 12.8.